The van der Waals surface area contributed by atoms with E-state index in [2.05, 4.69) is 48.4 Å². The Balaban J connectivity index is 1.66. The first-order valence-corrected chi connectivity index (χ1v) is 9.88. The lowest BCUT2D eigenvalue weighted by Gasteiger charge is -2.39. The lowest BCUT2D eigenvalue weighted by atomic mass is 9.74. The van der Waals surface area contributed by atoms with E-state index >= 15 is 0 Å². The summed E-state index contributed by atoms with van der Waals surface area (Å²) in [5.74, 6) is 0.263. The number of ether oxygens (including phenoxy) is 1. The maximum Gasteiger partial charge on any atom is 0.263 e. The van der Waals surface area contributed by atoms with E-state index in [9.17, 15) is 4.79 Å². The van der Waals surface area contributed by atoms with Crippen LogP contribution in [0.1, 0.15) is 65.1 Å². The quantitative estimate of drug-likeness (QED) is 0.901. The van der Waals surface area contributed by atoms with Gasteiger partial charge in [-0.15, -0.1) is 11.3 Å². The minimum atomic E-state index is 0.0127. The van der Waals surface area contributed by atoms with Gasteiger partial charge in [-0.2, -0.15) is 0 Å². The van der Waals surface area contributed by atoms with Crippen LogP contribution in [0.4, 0.5) is 0 Å². The normalized spacial score (nSPS) is 21.5. The van der Waals surface area contributed by atoms with Gasteiger partial charge < -0.3 is 10.1 Å². The van der Waals surface area contributed by atoms with Crippen molar-refractivity contribution in [2.45, 2.75) is 45.1 Å². The fourth-order valence-electron chi connectivity index (χ4n) is 4.29. The van der Waals surface area contributed by atoms with Crippen molar-refractivity contribution in [1.82, 2.24) is 10.3 Å². The molecular formula is C20H24N2O2S. The van der Waals surface area contributed by atoms with Gasteiger partial charge in [-0.3, -0.25) is 4.79 Å². The van der Waals surface area contributed by atoms with Crippen LogP contribution in [0.15, 0.2) is 29.8 Å². The molecule has 1 saturated heterocycles. The number of aromatic nitrogens is 1. The third-order valence-corrected chi connectivity index (χ3v) is 6.47. The number of amides is 1. The van der Waals surface area contributed by atoms with E-state index in [0.29, 0.717) is 0 Å². The second-order valence-electron chi connectivity index (χ2n) is 7.48. The van der Waals surface area contributed by atoms with Crippen LogP contribution in [0.2, 0.25) is 0 Å². The van der Waals surface area contributed by atoms with Gasteiger partial charge in [0.25, 0.3) is 5.91 Å². The average Bonchev–Trinajstić information content (AvgIpc) is 3.20. The minimum Gasteiger partial charge on any atom is -0.381 e. The smallest absolute Gasteiger partial charge is 0.263 e. The van der Waals surface area contributed by atoms with Gasteiger partial charge in [0.05, 0.1) is 17.2 Å². The average molecular weight is 356 g/mol. The van der Waals surface area contributed by atoms with Gasteiger partial charge in [0, 0.05) is 18.6 Å². The van der Waals surface area contributed by atoms with Gasteiger partial charge in [-0.1, -0.05) is 38.1 Å². The zero-order valence-corrected chi connectivity index (χ0v) is 15.6. The summed E-state index contributed by atoms with van der Waals surface area (Å²) in [5.41, 5.74) is 5.39. The number of hydrogen-bond acceptors (Lipinski definition) is 4. The summed E-state index contributed by atoms with van der Waals surface area (Å²) in [7, 11) is 0. The number of benzene rings is 1. The van der Waals surface area contributed by atoms with Crippen molar-refractivity contribution >= 4 is 17.2 Å². The molecular weight excluding hydrogens is 332 g/mol. The highest BCUT2D eigenvalue weighted by atomic mass is 32.1. The summed E-state index contributed by atoms with van der Waals surface area (Å²) in [5, 5.41) is 3.37. The van der Waals surface area contributed by atoms with Crippen molar-refractivity contribution in [3.05, 3.63) is 51.5 Å². The van der Waals surface area contributed by atoms with Gasteiger partial charge in [0.2, 0.25) is 0 Å². The fraction of sp³-hybridized carbons (Fsp3) is 0.500. The summed E-state index contributed by atoms with van der Waals surface area (Å²) < 4.78 is 5.61. The second-order valence-corrected chi connectivity index (χ2v) is 8.33. The van der Waals surface area contributed by atoms with Gasteiger partial charge in [-0.25, -0.2) is 4.98 Å². The molecule has 1 fully saturated rings. The van der Waals surface area contributed by atoms with E-state index in [1.807, 2.05) is 0 Å². The highest BCUT2D eigenvalue weighted by Gasteiger charge is 2.47. The lowest BCUT2D eigenvalue weighted by Crippen LogP contribution is -2.42. The maximum atomic E-state index is 13.1. The van der Waals surface area contributed by atoms with Crippen molar-refractivity contribution in [3.8, 4) is 0 Å². The number of rotatable bonds is 3. The van der Waals surface area contributed by atoms with E-state index in [4.69, 9.17) is 4.74 Å². The van der Waals surface area contributed by atoms with Crippen molar-refractivity contribution in [2.75, 3.05) is 13.2 Å². The summed E-state index contributed by atoms with van der Waals surface area (Å²) in [6.45, 7) is 5.71. The van der Waals surface area contributed by atoms with E-state index in [1.54, 1.807) is 5.51 Å². The Bertz CT molecular complexity index is 778. The predicted molar refractivity (Wildman–Crippen MR) is 99.0 cm³/mol. The molecule has 1 amide bonds. The van der Waals surface area contributed by atoms with Crippen LogP contribution in [0, 0.1) is 5.41 Å². The molecule has 1 unspecified atom stereocenters. The predicted octanol–water partition coefficient (Wildman–Crippen LogP) is 4.09. The maximum absolute atomic E-state index is 13.1. The number of carbonyl (C=O) groups excluding carboxylic acids is 1. The molecule has 2 aromatic rings. The molecule has 5 heteroatoms. The molecule has 4 rings (SSSR count). The van der Waals surface area contributed by atoms with E-state index in [0.717, 1.165) is 43.0 Å². The highest BCUT2D eigenvalue weighted by Crippen LogP contribution is 2.51. The largest absolute Gasteiger partial charge is 0.381 e. The first kappa shape index (κ1) is 16.7. The zero-order valence-electron chi connectivity index (χ0n) is 14.7. The Hall–Kier alpha value is -1.72. The zero-order chi connectivity index (χ0) is 17.4. The molecule has 1 aliphatic heterocycles. The van der Waals surface area contributed by atoms with Crippen LogP contribution in [0.5, 0.6) is 0 Å². The molecule has 0 saturated carbocycles. The van der Waals surface area contributed by atoms with Gasteiger partial charge in [0.1, 0.15) is 4.88 Å². The van der Waals surface area contributed by atoms with E-state index in [-0.39, 0.29) is 23.3 Å². The Kier molecular flexibility index (Phi) is 4.38. The van der Waals surface area contributed by atoms with Crippen LogP contribution in [-0.4, -0.2) is 24.1 Å². The topological polar surface area (TPSA) is 51.2 Å². The van der Waals surface area contributed by atoms with Crippen LogP contribution in [0.25, 0.3) is 0 Å². The number of nitrogens with one attached hydrogen (secondary N) is 1. The molecule has 25 heavy (non-hydrogen) atoms. The summed E-state index contributed by atoms with van der Waals surface area (Å²) >= 11 is 1.44. The summed E-state index contributed by atoms with van der Waals surface area (Å²) in [4.78, 5) is 18.2. The number of nitrogens with zero attached hydrogens (tertiary/aromatic N) is 1. The number of carbonyl (C=O) groups is 1. The van der Waals surface area contributed by atoms with E-state index < -0.39 is 0 Å². The number of hydrogen-bond donors (Lipinski definition) is 1. The Labute approximate surface area is 152 Å². The van der Waals surface area contributed by atoms with Crippen molar-refractivity contribution in [2.24, 2.45) is 5.41 Å². The van der Waals surface area contributed by atoms with Crippen LogP contribution < -0.4 is 5.32 Å². The summed E-state index contributed by atoms with van der Waals surface area (Å²) in [6.07, 6.45) is 3.01. The van der Waals surface area contributed by atoms with E-state index in [1.165, 1.54) is 22.5 Å². The first-order chi connectivity index (χ1) is 12.1. The molecule has 0 radical (unpaired) electrons. The SMILES string of the molecule is CC(C)c1ncsc1C(=O)NC1c2ccccc2CC12CCOCC2. The molecule has 2 heterocycles. The molecule has 1 N–H and O–H groups in total. The van der Waals surface area contributed by atoms with Crippen molar-refractivity contribution in [1.29, 1.82) is 0 Å². The Morgan fingerprint density at radius 1 is 1.32 bits per heavy atom. The highest BCUT2D eigenvalue weighted by molar-refractivity contribution is 7.11. The Morgan fingerprint density at radius 3 is 2.84 bits per heavy atom. The molecule has 1 atom stereocenters. The van der Waals surface area contributed by atoms with Crippen LogP contribution in [0.3, 0.4) is 0 Å². The van der Waals surface area contributed by atoms with Crippen LogP contribution in [-0.2, 0) is 11.2 Å². The third-order valence-electron chi connectivity index (χ3n) is 5.63. The van der Waals surface area contributed by atoms with Crippen LogP contribution >= 0.6 is 11.3 Å². The minimum absolute atomic E-state index is 0.0127. The molecule has 1 aromatic carbocycles. The monoisotopic (exact) mass is 356 g/mol. The van der Waals surface area contributed by atoms with Gasteiger partial charge in [0.15, 0.2) is 0 Å². The second kappa shape index (κ2) is 6.54. The molecule has 4 nitrogen and oxygen atoms in total. The standard InChI is InChI=1S/C20H24N2O2S/c1-13(2)16-17(25-12-21-16)19(23)22-18-15-6-4-3-5-14(15)11-20(18)7-9-24-10-8-20/h3-6,12-13,18H,7-11H2,1-2H3,(H,22,23). The first-order valence-electron chi connectivity index (χ1n) is 9.00. The Morgan fingerprint density at radius 2 is 2.08 bits per heavy atom. The third kappa shape index (κ3) is 2.89. The number of thiazole rings is 1. The molecule has 132 valence electrons. The van der Waals surface area contributed by atoms with Crippen molar-refractivity contribution in [3.63, 3.8) is 0 Å². The van der Waals surface area contributed by atoms with Gasteiger partial charge >= 0.3 is 0 Å². The van der Waals surface area contributed by atoms with Crippen molar-refractivity contribution < 1.29 is 9.53 Å². The molecule has 0 bridgehead atoms. The molecule has 2 aliphatic rings. The molecule has 1 aromatic heterocycles. The lowest BCUT2D eigenvalue weighted by molar-refractivity contribution is 0.000573. The molecule has 1 aliphatic carbocycles. The number of fused-ring (bicyclic) bond motifs is 1. The van der Waals surface area contributed by atoms with Gasteiger partial charge in [-0.05, 0) is 36.3 Å². The summed E-state index contributed by atoms with van der Waals surface area (Å²) in [6, 6.07) is 8.59. The fourth-order valence-corrected chi connectivity index (χ4v) is 5.14. The molecule has 1 spiro atoms.